The van der Waals surface area contributed by atoms with Crippen LogP contribution in [-0.2, 0) is 14.3 Å². The standard InChI is InChI=1S/C12H20O3/c1-5-6-7-11(13)8-10(4)15-12(14)9(2)3/h10H,2,5-8H2,1,3-4H3. The minimum atomic E-state index is -0.425. The lowest BCUT2D eigenvalue weighted by molar-refractivity contribution is -0.144. The van der Waals surface area contributed by atoms with Crippen LogP contribution in [0.25, 0.3) is 0 Å². The molecule has 0 spiro atoms. The number of hydrogen-bond acceptors (Lipinski definition) is 3. The molecule has 0 saturated heterocycles. The van der Waals surface area contributed by atoms with Crippen LogP contribution in [0.2, 0.25) is 0 Å². The van der Waals surface area contributed by atoms with Gasteiger partial charge in [0.2, 0.25) is 0 Å². The molecule has 0 aromatic heterocycles. The molecule has 0 N–H and O–H groups in total. The molecule has 0 saturated carbocycles. The molecular formula is C12H20O3. The third-order valence-corrected chi connectivity index (χ3v) is 1.98. The van der Waals surface area contributed by atoms with E-state index >= 15 is 0 Å². The van der Waals surface area contributed by atoms with Crippen molar-refractivity contribution in [3.63, 3.8) is 0 Å². The van der Waals surface area contributed by atoms with E-state index in [0.717, 1.165) is 12.8 Å². The molecule has 1 atom stereocenters. The van der Waals surface area contributed by atoms with Gasteiger partial charge in [-0.1, -0.05) is 19.9 Å². The Morgan fingerprint density at radius 1 is 1.40 bits per heavy atom. The average Bonchev–Trinajstić information content (AvgIpc) is 2.14. The Hall–Kier alpha value is -1.12. The second-order valence-corrected chi connectivity index (χ2v) is 3.84. The number of carbonyl (C=O) groups is 2. The fourth-order valence-electron chi connectivity index (χ4n) is 1.12. The first-order valence-corrected chi connectivity index (χ1v) is 5.35. The van der Waals surface area contributed by atoms with E-state index in [2.05, 4.69) is 6.58 Å². The van der Waals surface area contributed by atoms with Crippen LogP contribution < -0.4 is 0 Å². The van der Waals surface area contributed by atoms with Crippen molar-refractivity contribution < 1.29 is 14.3 Å². The topological polar surface area (TPSA) is 43.4 Å². The Balaban J connectivity index is 3.82. The van der Waals surface area contributed by atoms with Gasteiger partial charge in [-0.2, -0.15) is 0 Å². The minimum Gasteiger partial charge on any atom is -0.459 e. The van der Waals surface area contributed by atoms with Gasteiger partial charge >= 0.3 is 5.97 Å². The maximum Gasteiger partial charge on any atom is 0.333 e. The summed E-state index contributed by atoms with van der Waals surface area (Å²) in [5.74, 6) is -0.273. The van der Waals surface area contributed by atoms with E-state index in [-0.39, 0.29) is 11.9 Å². The predicted octanol–water partition coefficient (Wildman–Crippen LogP) is 2.64. The second kappa shape index (κ2) is 7.21. The Morgan fingerprint density at radius 3 is 2.47 bits per heavy atom. The van der Waals surface area contributed by atoms with Crippen LogP contribution in [0.4, 0.5) is 0 Å². The summed E-state index contributed by atoms with van der Waals surface area (Å²) >= 11 is 0. The van der Waals surface area contributed by atoms with Gasteiger partial charge in [-0.05, 0) is 20.3 Å². The molecule has 1 unspecified atom stereocenters. The molecule has 0 aliphatic heterocycles. The second-order valence-electron chi connectivity index (χ2n) is 3.84. The van der Waals surface area contributed by atoms with E-state index in [1.165, 1.54) is 0 Å². The molecule has 0 aliphatic carbocycles. The molecule has 0 aliphatic rings. The molecule has 0 aromatic carbocycles. The molecular weight excluding hydrogens is 192 g/mol. The van der Waals surface area contributed by atoms with Crippen molar-refractivity contribution in [3.8, 4) is 0 Å². The van der Waals surface area contributed by atoms with Crippen molar-refractivity contribution in [3.05, 3.63) is 12.2 Å². The summed E-state index contributed by atoms with van der Waals surface area (Å²) in [6.45, 7) is 8.83. The van der Waals surface area contributed by atoms with Gasteiger partial charge in [-0.15, -0.1) is 0 Å². The van der Waals surface area contributed by atoms with Gasteiger partial charge in [0.25, 0.3) is 0 Å². The monoisotopic (exact) mass is 212 g/mol. The van der Waals surface area contributed by atoms with Crippen LogP contribution in [0.1, 0.15) is 46.5 Å². The van der Waals surface area contributed by atoms with E-state index in [1.54, 1.807) is 13.8 Å². The maximum absolute atomic E-state index is 11.3. The molecule has 0 rings (SSSR count). The Kier molecular flexibility index (Phi) is 6.67. The first kappa shape index (κ1) is 13.9. The summed E-state index contributed by atoms with van der Waals surface area (Å²) in [5.41, 5.74) is 0.364. The zero-order valence-corrected chi connectivity index (χ0v) is 9.84. The van der Waals surface area contributed by atoms with Gasteiger partial charge in [0, 0.05) is 18.4 Å². The van der Waals surface area contributed by atoms with E-state index in [1.807, 2.05) is 6.92 Å². The van der Waals surface area contributed by atoms with Crippen molar-refractivity contribution in [2.75, 3.05) is 0 Å². The van der Waals surface area contributed by atoms with Gasteiger partial charge in [-0.25, -0.2) is 4.79 Å². The molecule has 86 valence electrons. The Bertz CT molecular complexity index is 243. The Labute approximate surface area is 91.5 Å². The molecule has 0 fully saturated rings. The van der Waals surface area contributed by atoms with Crippen LogP contribution in [0, 0.1) is 0 Å². The quantitative estimate of drug-likeness (QED) is 0.481. The van der Waals surface area contributed by atoms with Crippen molar-refractivity contribution in [1.29, 1.82) is 0 Å². The van der Waals surface area contributed by atoms with Crippen molar-refractivity contribution in [1.82, 2.24) is 0 Å². The number of hydrogen-bond donors (Lipinski definition) is 0. The van der Waals surface area contributed by atoms with E-state index in [0.29, 0.717) is 18.4 Å². The third kappa shape index (κ3) is 6.89. The highest BCUT2D eigenvalue weighted by atomic mass is 16.5. The number of ketones is 1. The fourth-order valence-corrected chi connectivity index (χ4v) is 1.12. The van der Waals surface area contributed by atoms with Gasteiger partial charge in [0.05, 0.1) is 0 Å². The van der Waals surface area contributed by atoms with E-state index < -0.39 is 5.97 Å². The predicted molar refractivity (Wildman–Crippen MR) is 59.5 cm³/mol. The maximum atomic E-state index is 11.3. The van der Waals surface area contributed by atoms with Gasteiger partial charge in [0.15, 0.2) is 0 Å². The van der Waals surface area contributed by atoms with Crippen LogP contribution >= 0.6 is 0 Å². The van der Waals surface area contributed by atoms with Crippen LogP contribution in [0.15, 0.2) is 12.2 Å². The molecule has 0 radical (unpaired) electrons. The lowest BCUT2D eigenvalue weighted by Crippen LogP contribution is -2.18. The zero-order valence-electron chi connectivity index (χ0n) is 9.84. The van der Waals surface area contributed by atoms with Crippen LogP contribution in [0.5, 0.6) is 0 Å². The van der Waals surface area contributed by atoms with Crippen molar-refractivity contribution >= 4 is 11.8 Å². The number of unbranched alkanes of at least 4 members (excludes halogenated alkanes) is 1. The van der Waals surface area contributed by atoms with E-state index in [9.17, 15) is 9.59 Å². The highest BCUT2D eigenvalue weighted by Crippen LogP contribution is 2.06. The number of rotatable bonds is 7. The van der Waals surface area contributed by atoms with Gasteiger partial charge in [0.1, 0.15) is 11.9 Å². The lowest BCUT2D eigenvalue weighted by Gasteiger charge is -2.12. The van der Waals surface area contributed by atoms with Crippen LogP contribution in [0.3, 0.4) is 0 Å². The summed E-state index contributed by atoms with van der Waals surface area (Å²) in [4.78, 5) is 22.5. The first-order chi connectivity index (χ1) is 6.97. The van der Waals surface area contributed by atoms with Crippen LogP contribution in [-0.4, -0.2) is 17.9 Å². The number of esters is 1. The summed E-state index contributed by atoms with van der Waals surface area (Å²) in [6.07, 6.45) is 2.44. The largest absolute Gasteiger partial charge is 0.459 e. The molecule has 3 heteroatoms. The smallest absolute Gasteiger partial charge is 0.333 e. The zero-order chi connectivity index (χ0) is 11.8. The van der Waals surface area contributed by atoms with Crippen molar-refractivity contribution in [2.24, 2.45) is 0 Å². The molecule has 0 bridgehead atoms. The fraction of sp³-hybridized carbons (Fsp3) is 0.667. The van der Waals surface area contributed by atoms with Crippen molar-refractivity contribution in [2.45, 2.75) is 52.6 Å². The molecule has 0 aromatic rings. The highest BCUT2D eigenvalue weighted by Gasteiger charge is 2.13. The highest BCUT2D eigenvalue weighted by molar-refractivity contribution is 5.87. The minimum absolute atomic E-state index is 0.152. The van der Waals surface area contributed by atoms with E-state index in [4.69, 9.17) is 4.74 Å². The first-order valence-electron chi connectivity index (χ1n) is 5.35. The molecule has 0 heterocycles. The lowest BCUT2D eigenvalue weighted by atomic mass is 10.1. The Morgan fingerprint density at radius 2 is 2.00 bits per heavy atom. The normalized spacial score (nSPS) is 11.9. The average molecular weight is 212 g/mol. The summed E-state index contributed by atoms with van der Waals surface area (Å²) in [5, 5.41) is 0. The SMILES string of the molecule is C=C(C)C(=O)OC(C)CC(=O)CCCC. The molecule has 0 amide bonds. The third-order valence-electron chi connectivity index (χ3n) is 1.98. The molecule has 3 nitrogen and oxygen atoms in total. The van der Waals surface area contributed by atoms with Gasteiger partial charge in [-0.3, -0.25) is 4.79 Å². The van der Waals surface area contributed by atoms with Gasteiger partial charge < -0.3 is 4.74 Å². The summed E-state index contributed by atoms with van der Waals surface area (Å²) in [6, 6.07) is 0. The summed E-state index contributed by atoms with van der Waals surface area (Å²) < 4.78 is 5.00. The molecule has 15 heavy (non-hydrogen) atoms. The number of ether oxygens (including phenoxy) is 1. The number of Topliss-reactive ketones (excluding diaryl/α,β-unsaturated/α-hetero) is 1. The summed E-state index contributed by atoms with van der Waals surface area (Å²) in [7, 11) is 0. The number of carbonyl (C=O) groups excluding carboxylic acids is 2.